The first kappa shape index (κ1) is 12.3. The molecule has 2 N–H and O–H groups in total. The minimum absolute atomic E-state index is 0.277. The summed E-state index contributed by atoms with van der Waals surface area (Å²) in [5.74, 6) is 0.277. The molecule has 0 aliphatic rings. The van der Waals surface area contributed by atoms with E-state index < -0.39 is 0 Å². The van der Waals surface area contributed by atoms with E-state index in [1.165, 1.54) is 0 Å². The number of benzene rings is 2. The first-order chi connectivity index (χ1) is 8.15. The third-order valence-electron chi connectivity index (χ3n) is 2.32. The molecule has 0 atom stereocenters. The van der Waals surface area contributed by atoms with Crippen molar-refractivity contribution in [3.8, 4) is 5.75 Å². The summed E-state index contributed by atoms with van der Waals surface area (Å²) in [4.78, 5) is 0. The van der Waals surface area contributed by atoms with Crippen LogP contribution in [-0.4, -0.2) is 5.11 Å². The van der Waals surface area contributed by atoms with Gasteiger partial charge in [0.15, 0.2) is 0 Å². The summed E-state index contributed by atoms with van der Waals surface area (Å²) in [7, 11) is 0. The monoisotopic (exact) mass is 311 g/mol. The van der Waals surface area contributed by atoms with Crippen molar-refractivity contribution < 1.29 is 5.11 Å². The summed E-state index contributed by atoms with van der Waals surface area (Å²) in [6.45, 7) is 0.647. The van der Waals surface area contributed by atoms with Crippen molar-refractivity contribution in [2.75, 3.05) is 5.32 Å². The normalized spacial score (nSPS) is 10.2. The molecule has 0 spiro atoms. The average molecular weight is 313 g/mol. The summed E-state index contributed by atoms with van der Waals surface area (Å²) in [5.41, 5.74) is 1.99. The lowest BCUT2D eigenvalue weighted by molar-refractivity contribution is 0.474. The van der Waals surface area contributed by atoms with Gasteiger partial charge in [-0.3, -0.25) is 0 Å². The Bertz CT molecular complexity index is 531. The maximum absolute atomic E-state index is 9.35. The number of halogens is 2. The third kappa shape index (κ3) is 3.38. The number of phenolic OH excluding ortho intramolecular Hbond substituents is 1. The van der Waals surface area contributed by atoms with E-state index in [9.17, 15) is 5.11 Å². The Morgan fingerprint density at radius 1 is 1.18 bits per heavy atom. The van der Waals surface area contributed by atoms with Crippen molar-refractivity contribution in [1.82, 2.24) is 0 Å². The predicted octanol–water partition coefficient (Wildman–Crippen LogP) is 4.42. The lowest BCUT2D eigenvalue weighted by Crippen LogP contribution is -1.99. The van der Waals surface area contributed by atoms with E-state index in [2.05, 4.69) is 21.2 Å². The Kier molecular flexibility index (Phi) is 3.92. The molecular formula is C13H11BrClNO. The minimum atomic E-state index is 0.277. The zero-order valence-corrected chi connectivity index (χ0v) is 11.3. The molecule has 0 heterocycles. The first-order valence-electron chi connectivity index (χ1n) is 5.12. The van der Waals surface area contributed by atoms with Crippen LogP contribution >= 0.6 is 27.5 Å². The van der Waals surface area contributed by atoms with Gasteiger partial charge in [-0.05, 0) is 51.8 Å². The number of anilines is 1. The van der Waals surface area contributed by atoms with Crippen LogP contribution in [0.5, 0.6) is 5.75 Å². The van der Waals surface area contributed by atoms with Crippen molar-refractivity contribution in [2.24, 2.45) is 0 Å². The van der Waals surface area contributed by atoms with Gasteiger partial charge in [0.25, 0.3) is 0 Å². The highest BCUT2D eigenvalue weighted by Crippen LogP contribution is 2.26. The highest BCUT2D eigenvalue weighted by molar-refractivity contribution is 9.10. The van der Waals surface area contributed by atoms with Crippen LogP contribution in [0, 0.1) is 0 Å². The fourth-order valence-electron chi connectivity index (χ4n) is 1.50. The summed E-state index contributed by atoms with van der Waals surface area (Å²) in [6, 6.07) is 12.7. The summed E-state index contributed by atoms with van der Waals surface area (Å²) in [5, 5.41) is 13.3. The lowest BCUT2D eigenvalue weighted by atomic mass is 10.2. The molecule has 0 saturated heterocycles. The molecule has 0 amide bonds. The molecule has 0 saturated carbocycles. The van der Waals surface area contributed by atoms with Crippen LogP contribution in [0.2, 0.25) is 5.02 Å². The number of hydrogen-bond donors (Lipinski definition) is 2. The van der Waals surface area contributed by atoms with E-state index in [4.69, 9.17) is 11.6 Å². The second-order valence-corrected chi connectivity index (χ2v) is 4.94. The van der Waals surface area contributed by atoms with Gasteiger partial charge in [0, 0.05) is 21.7 Å². The second kappa shape index (κ2) is 5.43. The zero-order valence-electron chi connectivity index (χ0n) is 8.95. The molecule has 0 unspecified atom stereocenters. The number of phenols is 1. The molecule has 0 aliphatic heterocycles. The first-order valence-corrected chi connectivity index (χ1v) is 6.29. The van der Waals surface area contributed by atoms with Gasteiger partial charge in [0.1, 0.15) is 5.75 Å². The van der Waals surface area contributed by atoms with Gasteiger partial charge in [0.05, 0.1) is 0 Å². The molecular weight excluding hydrogens is 302 g/mol. The van der Waals surface area contributed by atoms with E-state index in [0.717, 1.165) is 15.7 Å². The predicted molar refractivity (Wildman–Crippen MR) is 74.6 cm³/mol. The molecule has 0 aromatic heterocycles. The van der Waals surface area contributed by atoms with Crippen molar-refractivity contribution >= 4 is 33.2 Å². The minimum Gasteiger partial charge on any atom is -0.508 e. The SMILES string of the molecule is Oc1cccc(CNc2ccc(Cl)cc2Br)c1. The van der Waals surface area contributed by atoms with Gasteiger partial charge in [-0.25, -0.2) is 0 Å². The van der Waals surface area contributed by atoms with E-state index in [-0.39, 0.29) is 5.75 Å². The van der Waals surface area contributed by atoms with Gasteiger partial charge >= 0.3 is 0 Å². The average Bonchev–Trinajstić information content (AvgIpc) is 2.28. The Morgan fingerprint density at radius 3 is 2.71 bits per heavy atom. The molecule has 2 aromatic rings. The fourth-order valence-corrected chi connectivity index (χ4v) is 2.32. The van der Waals surface area contributed by atoms with Crippen LogP contribution in [0.3, 0.4) is 0 Å². The van der Waals surface area contributed by atoms with Crippen molar-refractivity contribution in [3.63, 3.8) is 0 Å². The molecule has 2 nitrogen and oxygen atoms in total. The number of rotatable bonds is 3. The molecule has 17 heavy (non-hydrogen) atoms. The van der Waals surface area contributed by atoms with Crippen LogP contribution in [-0.2, 0) is 6.54 Å². The second-order valence-electron chi connectivity index (χ2n) is 3.65. The summed E-state index contributed by atoms with van der Waals surface area (Å²) in [6.07, 6.45) is 0. The van der Waals surface area contributed by atoms with Gasteiger partial charge in [-0.15, -0.1) is 0 Å². The van der Waals surface area contributed by atoms with Crippen LogP contribution in [0.25, 0.3) is 0 Å². The molecule has 0 fully saturated rings. The quantitative estimate of drug-likeness (QED) is 0.879. The van der Waals surface area contributed by atoms with E-state index in [1.54, 1.807) is 12.1 Å². The number of nitrogens with one attached hydrogen (secondary N) is 1. The number of hydrogen-bond acceptors (Lipinski definition) is 2. The van der Waals surface area contributed by atoms with Gasteiger partial charge < -0.3 is 10.4 Å². The van der Waals surface area contributed by atoms with Crippen molar-refractivity contribution in [3.05, 3.63) is 57.5 Å². The molecule has 88 valence electrons. The highest BCUT2D eigenvalue weighted by Gasteiger charge is 2.00. The Balaban J connectivity index is 2.07. The van der Waals surface area contributed by atoms with E-state index in [0.29, 0.717) is 11.6 Å². The summed E-state index contributed by atoms with van der Waals surface area (Å²) < 4.78 is 0.921. The van der Waals surface area contributed by atoms with Gasteiger partial charge in [-0.1, -0.05) is 23.7 Å². The Labute approximate surface area is 113 Å². The van der Waals surface area contributed by atoms with E-state index in [1.807, 2.05) is 30.3 Å². The number of aromatic hydroxyl groups is 1. The highest BCUT2D eigenvalue weighted by atomic mass is 79.9. The summed E-state index contributed by atoms with van der Waals surface area (Å²) >= 11 is 9.30. The van der Waals surface area contributed by atoms with Crippen LogP contribution < -0.4 is 5.32 Å². The lowest BCUT2D eigenvalue weighted by Gasteiger charge is -2.09. The maximum Gasteiger partial charge on any atom is 0.115 e. The van der Waals surface area contributed by atoms with Gasteiger partial charge in [-0.2, -0.15) is 0 Å². The third-order valence-corrected chi connectivity index (χ3v) is 3.22. The maximum atomic E-state index is 9.35. The molecule has 2 aromatic carbocycles. The smallest absolute Gasteiger partial charge is 0.115 e. The standard InChI is InChI=1S/C13H11BrClNO/c14-12-7-10(15)4-5-13(12)16-8-9-2-1-3-11(17)6-9/h1-7,16-17H,8H2. The Morgan fingerprint density at radius 2 is 2.00 bits per heavy atom. The van der Waals surface area contributed by atoms with E-state index >= 15 is 0 Å². The van der Waals surface area contributed by atoms with Crippen LogP contribution in [0.15, 0.2) is 46.9 Å². The Hall–Kier alpha value is -1.19. The van der Waals surface area contributed by atoms with Crippen molar-refractivity contribution in [1.29, 1.82) is 0 Å². The molecule has 0 radical (unpaired) electrons. The largest absolute Gasteiger partial charge is 0.508 e. The van der Waals surface area contributed by atoms with Crippen LogP contribution in [0.4, 0.5) is 5.69 Å². The fraction of sp³-hybridized carbons (Fsp3) is 0.0769. The molecule has 0 bridgehead atoms. The molecule has 2 rings (SSSR count). The molecule has 0 aliphatic carbocycles. The molecule has 4 heteroatoms. The van der Waals surface area contributed by atoms with Crippen molar-refractivity contribution in [2.45, 2.75) is 6.54 Å². The van der Waals surface area contributed by atoms with Gasteiger partial charge in [0.2, 0.25) is 0 Å². The topological polar surface area (TPSA) is 32.3 Å². The van der Waals surface area contributed by atoms with Crippen LogP contribution in [0.1, 0.15) is 5.56 Å². The zero-order chi connectivity index (χ0) is 12.3.